The van der Waals surface area contributed by atoms with Gasteiger partial charge in [0, 0.05) is 6.07 Å². The van der Waals surface area contributed by atoms with Crippen LogP contribution in [0.4, 0.5) is 5.69 Å². The summed E-state index contributed by atoms with van der Waals surface area (Å²) in [6.45, 7) is 0. The molecule has 0 saturated carbocycles. The highest BCUT2D eigenvalue weighted by Crippen LogP contribution is 2.37. The maximum atomic E-state index is 11.8. The van der Waals surface area contributed by atoms with Crippen molar-refractivity contribution in [2.75, 3.05) is 5.32 Å². The van der Waals surface area contributed by atoms with Gasteiger partial charge in [0.15, 0.2) is 0 Å². The summed E-state index contributed by atoms with van der Waals surface area (Å²) in [5, 5.41) is 11.3. The van der Waals surface area contributed by atoms with E-state index >= 15 is 0 Å². The first-order valence-electron chi connectivity index (χ1n) is 10.2. The van der Waals surface area contributed by atoms with Crippen molar-refractivity contribution in [3.05, 3.63) is 78.0 Å². The number of halogens is 1. The van der Waals surface area contributed by atoms with Gasteiger partial charge in [-0.1, -0.05) is 30.3 Å². The summed E-state index contributed by atoms with van der Waals surface area (Å²) in [4.78, 5) is 26.8. The number of pyridine rings is 1. The van der Waals surface area contributed by atoms with Crippen LogP contribution in [-0.4, -0.2) is 28.0 Å². The van der Waals surface area contributed by atoms with Crippen LogP contribution < -0.4 is 20.5 Å². The molecule has 1 aromatic heterocycles. The summed E-state index contributed by atoms with van der Waals surface area (Å²) in [5.74, 6) is 0.126. The molecule has 2 heterocycles. The van der Waals surface area contributed by atoms with E-state index in [9.17, 15) is 9.59 Å². The standard InChI is InChI=1S/C24H23N3O5.ClH/c25-19(24(29)30)13-22(28)27-17-7-11-23(26-14-17)31-18-8-10-21-16(12-18)6-9-20(32-21)15-4-2-1-3-5-15;/h1-5,7-8,10-12,14,19-20H,6,9,13,25H2,(H,27,28)(H,29,30);1H/t19?,20-;/m0./s1. The first-order valence-corrected chi connectivity index (χ1v) is 10.2. The van der Waals surface area contributed by atoms with Crippen LogP contribution in [0.25, 0.3) is 0 Å². The van der Waals surface area contributed by atoms with Crippen LogP contribution in [0.5, 0.6) is 17.4 Å². The second kappa shape index (κ2) is 10.8. The summed E-state index contributed by atoms with van der Waals surface area (Å²) in [5.41, 5.74) is 8.03. The number of hydrogen-bond acceptors (Lipinski definition) is 6. The number of nitrogens with two attached hydrogens (primary N) is 1. The zero-order valence-corrected chi connectivity index (χ0v) is 18.5. The van der Waals surface area contributed by atoms with E-state index in [2.05, 4.69) is 22.4 Å². The molecule has 3 aromatic rings. The van der Waals surface area contributed by atoms with Crippen LogP contribution in [0.1, 0.15) is 30.1 Å². The minimum atomic E-state index is -1.25. The largest absolute Gasteiger partial charge is 0.485 e. The summed E-state index contributed by atoms with van der Waals surface area (Å²) in [7, 11) is 0. The minimum absolute atomic E-state index is 0. The highest BCUT2D eigenvalue weighted by atomic mass is 35.5. The Kier molecular flexibility index (Phi) is 7.87. The zero-order chi connectivity index (χ0) is 22.5. The number of benzene rings is 2. The van der Waals surface area contributed by atoms with Crippen molar-refractivity contribution in [3.63, 3.8) is 0 Å². The van der Waals surface area contributed by atoms with Gasteiger partial charge in [-0.25, -0.2) is 4.98 Å². The number of carboxylic acid groups (broad SMARTS) is 1. The maximum Gasteiger partial charge on any atom is 0.321 e. The highest BCUT2D eigenvalue weighted by molar-refractivity contribution is 5.93. The third kappa shape index (κ3) is 6.21. The quantitative estimate of drug-likeness (QED) is 0.475. The number of hydrogen-bond donors (Lipinski definition) is 3. The Morgan fingerprint density at radius 3 is 2.67 bits per heavy atom. The molecule has 2 aromatic carbocycles. The predicted molar refractivity (Wildman–Crippen MR) is 125 cm³/mol. The van der Waals surface area contributed by atoms with Gasteiger partial charge in [-0.05, 0) is 48.2 Å². The number of nitrogens with zero attached hydrogens (tertiary/aromatic N) is 1. The summed E-state index contributed by atoms with van der Waals surface area (Å²) in [6.07, 6.45) is 2.92. The summed E-state index contributed by atoms with van der Waals surface area (Å²) < 4.78 is 12.0. The Bertz CT molecular complexity index is 1110. The molecule has 0 saturated heterocycles. The van der Waals surface area contributed by atoms with Crippen LogP contribution in [0.2, 0.25) is 0 Å². The molecule has 0 fully saturated rings. The lowest BCUT2D eigenvalue weighted by molar-refractivity contribution is -0.140. The number of nitrogens with one attached hydrogen (secondary N) is 1. The molecule has 0 spiro atoms. The topological polar surface area (TPSA) is 124 Å². The average molecular weight is 470 g/mol. The number of carboxylic acids is 1. The van der Waals surface area contributed by atoms with E-state index in [0.717, 1.165) is 24.2 Å². The number of ether oxygens (including phenoxy) is 2. The fourth-order valence-electron chi connectivity index (χ4n) is 3.47. The molecule has 4 N–H and O–H groups in total. The van der Waals surface area contributed by atoms with Crippen molar-refractivity contribution in [2.24, 2.45) is 5.73 Å². The van der Waals surface area contributed by atoms with Crippen molar-refractivity contribution >= 4 is 30.0 Å². The lowest BCUT2D eigenvalue weighted by Crippen LogP contribution is -2.34. The van der Waals surface area contributed by atoms with E-state index in [-0.39, 0.29) is 24.9 Å². The molecule has 1 amide bonds. The Morgan fingerprint density at radius 2 is 1.97 bits per heavy atom. The number of aromatic nitrogens is 1. The number of carbonyl (C=O) groups excluding carboxylic acids is 1. The van der Waals surface area contributed by atoms with Crippen molar-refractivity contribution in [2.45, 2.75) is 31.4 Å². The molecule has 8 nitrogen and oxygen atoms in total. The molecular weight excluding hydrogens is 446 g/mol. The number of amides is 1. The SMILES string of the molecule is Cl.NC(CC(=O)Nc1ccc(Oc2ccc3c(c2)CC[C@@H](c2ccccc2)O3)nc1)C(=O)O. The van der Waals surface area contributed by atoms with E-state index in [1.807, 2.05) is 36.4 Å². The Hall–Kier alpha value is -3.62. The summed E-state index contributed by atoms with van der Waals surface area (Å²) >= 11 is 0. The van der Waals surface area contributed by atoms with E-state index < -0.39 is 17.9 Å². The molecule has 4 rings (SSSR count). The lowest BCUT2D eigenvalue weighted by atomic mass is 9.97. The van der Waals surface area contributed by atoms with Gasteiger partial charge in [0.2, 0.25) is 11.8 Å². The average Bonchev–Trinajstić information content (AvgIpc) is 2.80. The van der Waals surface area contributed by atoms with Crippen LogP contribution >= 0.6 is 12.4 Å². The monoisotopic (exact) mass is 469 g/mol. The molecule has 0 aliphatic carbocycles. The second-order valence-corrected chi connectivity index (χ2v) is 7.51. The summed E-state index contributed by atoms with van der Waals surface area (Å²) in [6, 6.07) is 17.8. The molecular formula is C24H24ClN3O5. The number of fused-ring (bicyclic) bond motifs is 1. The molecule has 0 bridgehead atoms. The zero-order valence-electron chi connectivity index (χ0n) is 17.6. The number of rotatable bonds is 7. The van der Waals surface area contributed by atoms with Crippen LogP contribution in [0.15, 0.2) is 66.9 Å². The normalized spacial score (nSPS) is 15.2. The first kappa shape index (κ1) is 24.0. The highest BCUT2D eigenvalue weighted by Gasteiger charge is 2.22. The van der Waals surface area contributed by atoms with Crippen molar-refractivity contribution in [1.82, 2.24) is 4.98 Å². The smallest absolute Gasteiger partial charge is 0.321 e. The fourth-order valence-corrected chi connectivity index (χ4v) is 3.47. The molecule has 9 heteroatoms. The maximum absolute atomic E-state index is 11.8. The van der Waals surface area contributed by atoms with Crippen molar-refractivity contribution in [3.8, 4) is 17.4 Å². The minimum Gasteiger partial charge on any atom is -0.485 e. The molecule has 1 aliphatic rings. The third-order valence-corrected chi connectivity index (χ3v) is 5.11. The number of aliphatic carboxylic acids is 1. The Morgan fingerprint density at radius 1 is 1.18 bits per heavy atom. The van der Waals surface area contributed by atoms with Gasteiger partial charge in [0.25, 0.3) is 0 Å². The van der Waals surface area contributed by atoms with Crippen molar-refractivity contribution < 1.29 is 24.2 Å². The van der Waals surface area contributed by atoms with Gasteiger partial charge >= 0.3 is 5.97 Å². The van der Waals surface area contributed by atoms with Crippen LogP contribution in [0, 0.1) is 0 Å². The van der Waals surface area contributed by atoms with Crippen molar-refractivity contribution in [1.29, 1.82) is 0 Å². The van der Waals surface area contributed by atoms with E-state index in [1.54, 1.807) is 12.1 Å². The van der Waals surface area contributed by atoms with Gasteiger partial charge in [0.1, 0.15) is 23.6 Å². The van der Waals surface area contributed by atoms with Gasteiger partial charge < -0.3 is 25.6 Å². The van der Waals surface area contributed by atoms with E-state index in [1.165, 1.54) is 11.8 Å². The fraction of sp³-hybridized carbons (Fsp3) is 0.208. The number of anilines is 1. The van der Waals surface area contributed by atoms with Crippen LogP contribution in [0.3, 0.4) is 0 Å². The predicted octanol–water partition coefficient (Wildman–Crippen LogP) is 4.10. The number of aryl methyl sites for hydroxylation is 1. The molecule has 2 atom stereocenters. The van der Waals surface area contributed by atoms with Gasteiger partial charge in [0.05, 0.1) is 18.3 Å². The molecule has 33 heavy (non-hydrogen) atoms. The Balaban J connectivity index is 0.00000306. The Labute approximate surface area is 197 Å². The molecule has 0 radical (unpaired) electrons. The van der Waals surface area contributed by atoms with Gasteiger partial charge in [-0.3, -0.25) is 9.59 Å². The molecule has 172 valence electrons. The first-order chi connectivity index (χ1) is 15.5. The van der Waals surface area contributed by atoms with Crippen LogP contribution in [-0.2, 0) is 16.0 Å². The molecule has 1 aliphatic heterocycles. The molecule has 1 unspecified atom stereocenters. The van der Waals surface area contributed by atoms with E-state index in [0.29, 0.717) is 17.3 Å². The third-order valence-electron chi connectivity index (χ3n) is 5.11. The lowest BCUT2D eigenvalue weighted by Gasteiger charge is -2.26. The number of carbonyl (C=O) groups is 2. The van der Waals surface area contributed by atoms with Gasteiger partial charge in [-0.15, -0.1) is 12.4 Å². The van der Waals surface area contributed by atoms with Gasteiger partial charge in [-0.2, -0.15) is 0 Å². The second-order valence-electron chi connectivity index (χ2n) is 7.51. The van der Waals surface area contributed by atoms with E-state index in [4.69, 9.17) is 20.3 Å².